The van der Waals surface area contributed by atoms with E-state index in [4.69, 9.17) is 16.3 Å². The third kappa shape index (κ3) is 4.01. The van der Waals surface area contributed by atoms with E-state index in [0.717, 1.165) is 4.90 Å². The van der Waals surface area contributed by atoms with Crippen LogP contribution in [0.1, 0.15) is 24.5 Å². The lowest BCUT2D eigenvalue weighted by molar-refractivity contribution is -0.132. The van der Waals surface area contributed by atoms with E-state index in [0.29, 0.717) is 48.9 Å². The Labute approximate surface area is 192 Å². The average molecular weight is 478 g/mol. The predicted molar refractivity (Wildman–Crippen MR) is 119 cm³/mol. The van der Waals surface area contributed by atoms with Crippen LogP contribution in [0, 0.1) is 0 Å². The molecule has 2 aliphatic rings. The second kappa shape index (κ2) is 8.82. The van der Waals surface area contributed by atoms with Crippen LogP contribution >= 0.6 is 11.6 Å². The summed E-state index contributed by atoms with van der Waals surface area (Å²) in [6, 6.07) is 12.6. The Kier molecular flexibility index (Phi) is 6.26. The molecule has 2 fully saturated rings. The molecule has 2 aromatic rings. The number of hydrogen-bond donors (Lipinski definition) is 1. The van der Waals surface area contributed by atoms with E-state index in [2.05, 4.69) is 5.32 Å². The van der Waals surface area contributed by atoms with Crippen LogP contribution in [0.3, 0.4) is 0 Å². The summed E-state index contributed by atoms with van der Waals surface area (Å²) in [4.78, 5) is 27.4. The van der Waals surface area contributed by atoms with Crippen LogP contribution < -0.4 is 5.32 Å². The number of imide groups is 1. The summed E-state index contributed by atoms with van der Waals surface area (Å²) in [5.41, 5.74) is 0.0128. The number of benzene rings is 2. The number of ether oxygens (including phenoxy) is 1. The van der Waals surface area contributed by atoms with Gasteiger partial charge in [-0.2, -0.15) is 4.31 Å². The molecule has 2 aliphatic heterocycles. The topological polar surface area (TPSA) is 96.0 Å². The fourth-order valence-corrected chi connectivity index (χ4v) is 5.67. The molecular formula is C22H24ClN3O5S. The zero-order valence-corrected chi connectivity index (χ0v) is 19.2. The highest BCUT2D eigenvalue weighted by molar-refractivity contribution is 7.89. The van der Waals surface area contributed by atoms with Crippen LogP contribution in [0.15, 0.2) is 53.4 Å². The minimum atomic E-state index is -3.68. The molecule has 1 unspecified atom stereocenters. The Morgan fingerprint density at radius 1 is 1.09 bits per heavy atom. The van der Waals surface area contributed by atoms with Gasteiger partial charge in [-0.1, -0.05) is 42.8 Å². The van der Waals surface area contributed by atoms with Crippen molar-refractivity contribution in [2.45, 2.75) is 30.3 Å². The summed E-state index contributed by atoms with van der Waals surface area (Å²) in [6.07, 6.45) is 0.362. The van der Waals surface area contributed by atoms with Crippen LogP contribution in [0.4, 0.5) is 4.79 Å². The standard InChI is InChI=1S/C22H24ClN3O5S/c1-2-22(17-6-8-18(23)9-7-17)20(27)26(21(28)24-22)15-16-4-3-5-19(14-16)32(29,30)25-10-12-31-13-11-25/h3-9,14H,2,10-13,15H2,1H3,(H,24,28). The lowest BCUT2D eigenvalue weighted by Gasteiger charge is -2.26. The normalized spacial score (nSPS) is 22.2. The van der Waals surface area contributed by atoms with Gasteiger partial charge in [-0.25, -0.2) is 13.2 Å². The Hall–Kier alpha value is -2.46. The quantitative estimate of drug-likeness (QED) is 0.645. The molecule has 3 amide bonds. The lowest BCUT2D eigenvalue weighted by atomic mass is 9.87. The van der Waals surface area contributed by atoms with Crippen LogP contribution in [-0.4, -0.2) is 55.9 Å². The molecule has 0 radical (unpaired) electrons. The molecular weight excluding hydrogens is 454 g/mol. The molecule has 0 bridgehead atoms. The van der Waals surface area contributed by atoms with Crippen molar-refractivity contribution < 1.29 is 22.7 Å². The van der Waals surface area contributed by atoms with E-state index >= 15 is 0 Å². The number of carbonyl (C=O) groups is 2. The first kappa shape index (κ1) is 22.7. The maximum absolute atomic E-state index is 13.4. The van der Waals surface area contributed by atoms with Crippen molar-refractivity contribution in [2.24, 2.45) is 0 Å². The molecule has 0 aromatic heterocycles. The number of halogens is 1. The SMILES string of the molecule is CCC1(c2ccc(Cl)cc2)NC(=O)N(Cc2cccc(S(=O)(=O)N3CCOCC3)c2)C1=O. The fraction of sp³-hybridized carbons (Fsp3) is 0.364. The first-order valence-corrected chi connectivity index (χ1v) is 12.2. The van der Waals surface area contributed by atoms with Gasteiger partial charge in [0.1, 0.15) is 5.54 Å². The number of rotatable bonds is 6. The molecule has 0 saturated carbocycles. The fourth-order valence-electron chi connectivity index (χ4n) is 4.07. The molecule has 8 nitrogen and oxygen atoms in total. The number of nitrogens with zero attached hydrogens (tertiary/aromatic N) is 2. The van der Waals surface area contributed by atoms with Crippen molar-refractivity contribution in [1.29, 1.82) is 0 Å². The number of urea groups is 1. The highest BCUT2D eigenvalue weighted by Crippen LogP contribution is 2.34. The van der Waals surface area contributed by atoms with E-state index in [1.54, 1.807) is 36.4 Å². The van der Waals surface area contributed by atoms with Gasteiger partial charge >= 0.3 is 6.03 Å². The molecule has 32 heavy (non-hydrogen) atoms. The Balaban J connectivity index is 1.59. The maximum Gasteiger partial charge on any atom is 0.325 e. The van der Waals surface area contributed by atoms with E-state index in [9.17, 15) is 18.0 Å². The van der Waals surface area contributed by atoms with E-state index in [1.807, 2.05) is 6.92 Å². The minimum absolute atomic E-state index is 0.0352. The van der Waals surface area contributed by atoms with Crippen molar-refractivity contribution in [3.05, 3.63) is 64.7 Å². The largest absolute Gasteiger partial charge is 0.379 e. The Morgan fingerprint density at radius 2 is 1.78 bits per heavy atom. The first-order valence-electron chi connectivity index (χ1n) is 10.3. The second-order valence-electron chi connectivity index (χ2n) is 7.75. The number of morpholine rings is 1. The van der Waals surface area contributed by atoms with Crippen molar-refractivity contribution in [1.82, 2.24) is 14.5 Å². The predicted octanol–water partition coefficient (Wildman–Crippen LogP) is 2.72. The van der Waals surface area contributed by atoms with Crippen molar-refractivity contribution in [2.75, 3.05) is 26.3 Å². The van der Waals surface area contributed by atoms with Gasteiger partial charge in [-0.3, -0.25) is 9.69 Å². The minimum Gasteiger partial charge on any atom is -0.379 e. The molecule has 1 N–H and O–H groups in total. The number of nitrogens with one attached hydrogen (secondary N) is 1. The molecule has 0 aliphatic carbocycles. The van der Waals surface area contributed by atoms with Gasteiger partial charge in [0.15, 0.2) is 0 Å². The van der Waals surface area contributed by atoms with Gasteiger partial charge in [-0.15, -0.1) is 0 Å². The van der Waals surface area contributed by atoms with Gasteiger partial charge in [0, 0.05) is 18.1 Å². The van der Waals surface area contributed by atoms with E-state index < -0.39 is 21.6 Å². The summed E-state index contributed by atoms with van der Waals surface area (Å²) in [6.45, 7) is 3.08. The first-order chi connectivity index (χ1) is 15.3. The molecule has 1 atom stereocenters. The summed E-state index contributed by atoms with van der Waals surface area (Å²) < 4.78 is 32.6. The van der Waals surface area contributed by atoms with Gasteiger partial charge in [-0.05, 0) is 41.8 Å². The number of sulfonamides is 1. The zero-order valence-electron chi connectivity index (χ0n) is 17.6. The van der Waals surface area contributed by atoms with E-state index in [-0.39, 0.29) is 17.3 Å². The highest BCUT2D eigenvalue weighted by Gasteiger charge is 2.51. The summed E-state index contributed by atoms with van der Waals surface area (Å²) in [7, 11) is -3.68. The van der Waals surface area contributed by atoms with Crippen molar-refractivity contribution in [3.8, 4) is 0 Å². The molecule has 2 saturated heterocycles. The third-order valence-corrected chi connectivity index (χ3v) is 8.04. The van der Waals surface area contributed by atoms with Crippen molar-refractivity contribution >= 4 is 33.6 Å². The van der Waals surface area contributed by atoms with Crippen LogP contribution in [0.2, 0.25) is 5.02 Å². The lowest BCUT2D eigenvalue weighted by Crippen LogP contribution is -2.43. The van der Waals surface area contributed by atoms with Gasteiger partial charge in [0.2, 0.25) is 10.0 Å². The molecule has 2 heterocycles. The smallest absolute Gasteiger partial charge is 0.325 e. The van der Waals surface area contributed by atoms with Crippen molar-refractivity contribution in [3.63, 3.8) is 0 Å². The van der Waals surface area contributed by atoms with Gasteiger partial charge in [0.05, 0.1) is 24.7 Å². The monoisotopic (exact) mass is 477 g/mol. The maximum atomic E-state index is 13.4. The molecule has 2 aromatic carbocycles. The van der Waals surface area contributed by atoms with Crippen LogP contribution in [0.5, 0.6) is 0 Å². The molecule has 170 valence electrons. The Morgan fingerprint density at radius 3 is 2.44 bits per heavy atom. The summed E-state index contributed by atoms with van der Waals surface area (Å²) in [5, 5.41) is 3.36. The third-order valence-electron chi connectivity index (χ3n) is 5.89. The van der Waals surface area contributed by atoms with Crippen LogP contribution in [0.25, 0.3) is 0 Å². The van der Waals surface area contributed by atoms with Gasteiger partial charge in [0.25, 0.3) is 5.91 Å². The number of carbonyl (C=O) groups excluding carboxylic acids is 2. The zero-order chi connectivity index (χ0) is 22.9. The van der Waals surface area contributed by atoms with E-state index in [1.165, 1.54) is 16.4 Å². The molecule has 0 spiro atoms. The average Bonchev–Trinajstić information content (AvgIpc) is 3.05. The second-order valence-corrected chi connectivity index (χ2v) is 10.1. The summed E-state index contributed by atoms with van der Waals surface area (Å²) >= 11 is 5.97. The van der Waals surface area contributed by atoms with Gasteiger partial charge < -0.3 is 10.1 Å². The molecule has 4 rings (SSSR count). The molecule has 10 heteroatoms. The highest BCUT2D eigenvalue weighted by atomic mass is 35.5. The number of hydrogen-bond acceptors (Lipinski definition) is 5. The Bertz CT molecular complexity index is 1130. The number of amides is 3. The summed E-state index contributed by atoms with van der Waals surface area (Å²) in [5.74, 6) is -0.381. The van der Waals surface area contributed by atoms with Crippen LogP contribution in [-0.2, 0) is 31.6 Å².